The van der Waals surface area contributed by atoms with Crippen LogP contribution >= 0.6 is 0 Å². The zero-order valence-electron chi connectivity index (χ0n) is 21.6. The molecule has 2 aliphatic heterocycles. The Bertz CT molecular complexity index is 921. The van der Waals surface area contributed by atoms with Gasteiger partial charge in [-0.15, -0.1) is 0 Å². The van der Waals surface area contributed by atoms with Crippen molar-refractivity contribution >= 4 is 29.2 Å². The summed E-state index contributed by atoms with van der Waals surface area (Å²) < 4.78 is 0. The number of piperidine rings is 1. The van der Waals surface area contributed by atoms with Crippen LogP contribution in [0, 0.1) is 5.92 Å². The molecule has 0 unspecified atom stereocenters. The van der Waals surface area contributed by atoms with Gasteiger partial charge in [0.15, 0.2) is 0 Å². The van der Waals surface area contributed by atoms with Gasteiger partial charge in [-0.3, -0.25) is 9.59 Å². The number of likely N-dealkylation sites (tertiary alicyclic amines) is 1. The van der Waals surface area contributed by atoms with E-state index in [9.17, 15) is 14.4 Å². The van der Waals surface area contributed by atoms with E-state index in [-0.39, 0.29) is 29.3 Å². The van der Waals surface area contributed by atoms with Gasteiger partial charge in [0, 0.05) is 62.1 Å². The first kappa shape index (κ1) is 25.3. The van der Waals surface area contributed by atoms with Gasteiger partial charge in [0.1, 0.15) is 0 Å². The minimum atomic E-state index is -0.277. The van der Waals surface area contributed by atoms with Crippen LogP contribution in [0.3, 0.4) is 0 Å². The molecule has 1 saturated carbocycles. The molecule has 0 aromatic heterocycles. The maximum absolute atomic E-state index is 13.6. The molecule has 4 rings (SSSR count). The number of benzene rings is 1. The smallest absolute Gasteiger partial charge is 0.317 e. The first-order valence-corrected chi connectivity index (χ1v) is 13.3. The van der Waals surface area contributed by atoms with Crippen LogP contribution < -0.4 is 15.5 Å². The predicted molar refractivity (Wildman–Crippen MR) is 139 cm³/mol. The number of amides is 4. The maximum atomic E-state index is 13.6. The molecular weight excluding hydrogens is 442 g/mol. The summed E-state index contributed by atoms with van der Waals surface area (Å²) in [5.74, 6) is 0.165. The number of nitrogens with zero attached hydrogens (tertiary/aromatic N) is 3. The van der Waals surface area contributed by atoms with Crippen LogP contribution in [0.5, 0.6) is 0 Å². The molecule has 8 nitrogen and oxygen atoms in total. The number of carbonyl (C=O) groups is 3. The third-order valence-corrected chi connectivity index (χ3v) is 7.25. The van der Waals surface area contributed by atoms with Crippen LogP contribution in [-0.2, 0) is 4.79 Å². The van der Waals surface area contributed by atoms with Crippen molar-refractivity contribution in [3.63, 3.8) is 0 Å². The molecule has 35 heavy (non-hydrogen) atoms. The lowest BCUT2D eigenvalue weighted by Crippen LogP contribution is -2.55. The molecule has 3 fully saturated rings. The Morgan fingerprint density at radius 2 is 1.49 bits per heavy atom. The van der Waals surface area contributed by atoms with E-state index in [2.05, 4.69) is 15.5 Å². The fourth-order valence-corrected chi connectivity index (χ4v) is 5.31. The van der Waals surface area contributed by atoms with Gasteiger partial charge in [0.2, 0.25) is 5.91 Å². The third-order valence-electron chi connectivity index (χ3n) is 7.25. The molecule has 2 heterocycles. The number of carbonyl (C=O) groups excluding carboxylic acids is 3. The van der Waals surface area contributed by atoms with Crippen molar-refractivity contribution in [1.82, 2.24) is 15.1 Å². The van der Waals surface area contributed by atoms with Gasteiger partial charge in [-0.05, 0) is 71.1 Å². The number of hydrogen-bond donors (Lipinski definition) is 2. The molecule has 1 aliphatic carbocycles. The summed E-state index contributed by atoms with van der Waals surface area (Å²) in [4.78, 5) is 44.9. The van der Waals surface area contributed by atoms with Crippen LogP contribution in [0.2, 0.25) is 0 Å². The molecule has 4 amide bonds. The van der Waals surface area contributed by atoms with E-state index in [1.54, 1.807) is 0 Å². The van der Waals surface area contributed by atoms with Gasteiger partial charge in [-0.2, -0.15) is 0 Å². The normalized spacial score (nSPS) is 19.6. The molecule has 0 radical (unpaired) electrons. The fourth-order valence-electron chi connectivity index (χ4n) is 5.31. The van der Waals surface area contributed by atoms with Crippen molar-refractivity contribution in [2.24, 2.45) is 5.92 Å². The minimum Gasteiger partial charge on any atom is -0.367 e. The van der Waals surface area contributed by atoms with Gasteiger partial charge in [0.25, 0.3) is 5.91 Å². The zero-order valence-corrected chi connectivity index (χ0v) is 21.6. The van der Waals surface area contributed by atoms with Gasteiger partial charge >= 0.3 is 6.03 Å². The average molecular weight is 484 g/mol. The summed E-state index contributed by atoms with van der Waals surface area (Å²) in [5.41, 5.74) is 1.94. The lowest BCUT2D eigenvalue weighted by Gasteiger charge is -2.38. The summed E-state index contributed by atoms with van der Waals surface area (Å²) >= 11 is 0. The molecule has 0 atom stereocenters. The standard InChI is InChI=1S/C27H41N5O3/c1-27(2,3)29-26(35)32-17-15-30(16-18-32)23-12-11-21(28-24(33)20-9-5-6-10-20)19-22(23)25(34)31-13-7-4-8-14-31/h11-12,19-20H,4-10,13-18H2,1-3H3,(H,28,33)(H,29,35). The van der Waals surface area contributed by atoms with Gasteiger partial charge in [0.05, 0.1) is 5.56 Å². The van der Waals surface area contributed by atoms with E-state index < -0.39 is 0 Å². The van der Waals surface area contributed by atoms with Gasteiger partial charge < -0.3 is 25.3 Å². The monoisotopic (exact) mass is 483 g/mol. The van der Waals surface area contributed by atoms with Crippen LogP contribution in [-0.4, -0.2) is 72.5 Å². The number of nitrogens with one attached hydrogen (secondary N) is 2. The van der Waals surface area contributed by atoms with Crippen LogP contribution in [0.15, 0.2) is 18.2 Å². The van der Waals surface area contributed by atoms with E-state index in [0.29, 0.717) is 37.4 Å². The first-order chi connectivity index (χ1) is 16.7. The maximum Gasteiger partial charge on any atom is 0.317 e. The van der Waals surface area contributed by atoms with Crippen LogP contribution in [0.1, 0.15) is 76.1 Å². The number of anilines is 2. The van der Waals surface area contributed by atoms with Crippen LogP contribution in [0.4, 0.5) is 16.2 Å². The highest BCUT2D eigenvalue weighted by Crippen LogP contribution is 2.30. The fraction of sp³-hybridized carbons (Fsp3) is 0.667. The molecule has 1 aromatic carbocycles. The molecular formula is C27H41N5O3. The molecule has 0 spiro atoms. The van der Waals surface area contributed by atoms with Crippen molar-refractivity contribution in [1.29, 1.82) is 0 Å². The van der Waals surface area contributed by atoms with Crippen molar-refractivity contribution in [3.8, 4) is 0 Å². The average Bonchev–Trinajstić information content (AvgIpc) is 3.38. The topological polar surface area (TPSA) is 85.0 Å². The molecule has 3 aliphatic rings. The third kappa shape index (κ3) is 6.47. The Balaban J connectivity index is 1.51. The molecule has 2 N–H and O–H groups in total. The Labute approximate surface area is 209 Å². The van der Waals surface area contributed by atoms with Crippen molar-refractivity contribution in [2.45, 2.75) is 71.3 Å². The largest absolute Gasteiger partial charge is 0.367 e. The summed E-state index contributed by atoms with van der Waals surface area (Å²) in [6.07, 6.45) is 7.31. The Morgan fingerprint density at radius 1 is 0.829 bits per heavy atom. The number of piperazine rings is 1. The molecule has 2 saturated heterocycles. The molecule has 0 bridgehead atoms. The minimum absolute atomic E-state index is 0.0320. The Kier molecular flexibility index (Phi) is 7.87. The van der Waals surface area contributed by atoms with Crippen LogP contribution in [0.25, 0.3) is 0 Å². The van der Waals surface area contributed by atoms with Gasteiger partial charge in [-0.1, -0.05) is 12.8 Å². The van der Waals surface area contributed by atoms with Crippen molar-refractivity contribution in [3.05, 3.63) is 23.8 Å². The predicted octanol–water partition coefficient (Wildman–Crippen LogP) is 4.07. The lowest BCUT2D eigenvalue weighted by molar-refractivity contribution is -0.119. The number of urea groups is 1. The van der Waals surface area contributed by atoms with E-state index in [1.807, 2.05) is 48.8 Å². The quantitative estimate of drug-likeness (QED) is 0.676. The Morgan fingerprint density at radius 3 is 2.11 bits per heavy atom. The number of hydrogen-bond acceptors (Lipinski definition) is 4. The summed E-state index contributed by atoms with van der Waals surface area (Å²) in [7, 11) is 0. The highest BCUT2D eigenvalue weighted by Gasteiger charge is 2.29. The highest BCUT2D eigenvalue weighted by atomic mass is 16.2. The van der Waals surface area contributed by atoms with E-state index in [4.69, 9.17) is 0 Å². The highest BCUT2D eigenvalue weighted by molar-refractivity contribution is 6.02. The number of rotatable bonds is 4. The lowest BCUT2D eigenvalue weighted by atomic mass is 10.0. The zero-order chi connectivity index (χ0) is 25.0. The Hall–Kier alpha value is -2.77. The second kappa shape index (κ2) is 10.9. The molecule has 8 heteroatoms. The summed E-state index contributed by atoms with van der Waals surface area (Å²) in [5, 5.41) is 6.10. The second-order valence-electron chi connectivity index (χ2n) is 11.2. The molecule has 1 aromatic rings. The summed E-state index contributed by atoms with van der Waals surface area (Å²) in [6, 6.07) is 5.68. The SMILES string of the molecule is CC(C)(C)NC(=O)N1CCN(c2ccc(NC(=O)C3CCCC3)cc2C(=O)N2CCCCC2)CC1. The van der Waals surface area contributed by atoms with Crippen molar-refractivity contribution < 1.29 is 14.4 Å². The first-order valence-electron chi connectivity index (χ1n) is 13.3. The van der Waals surface area contributed by atoms with Crippen molar-refractivity contribution in [2.75, 3.05) is 49.5 Å². The van der Waals surface area contributed by atoms with Gasteiger partial charge in [-0.25, -0.2) is 4.79 Å². The van der Waals surface area contributed by atoms with E-state index >= 15 is 0 Å². The second-order valence-corrected chi connectivity index (χ2v) is 11.2. The van der Waals surface area contributed by atoms with E-state index in [1.165, 1.54) is 0 Å². The summed E-state index contributed by atoms with van der Waals surface area (Å²) in [6.45, 7) is 10.00. The van der Waals surface area contributed by atoms with E-state index in [0.717, 1.165) is 63.7 Å². The molecule has 192 valence electrons.